The van der Waals surface area contributed by atoms with Gasteiger partial charge in [-0.3, -0.25) is 4.79 Å². The second-order valence-electron chi connectivity index (χ2n) is 5.64. The maximum absolute atomic E-state index is 11.9. The molecule has 126 valence electrons. The average Bonchev–Trinajstić information content (AvgIpc) is 2.49. The van der Waals surface area contributed by atoms with Crippen LogP contribution in [0.15, 0.2) is 29.2 Å². The van der Waals surface area contributed by atoms with Crippen LogP contribution in [0.3, 0.4) is 0 Å². The molecule has 1 fully saturated rings. The molecule has 1 aromatic carbocycles. The Morgan fingerprint density at radius 1 is 1.22 bits per heavy atom. The number of carboxylic acid groups (broad SMARTS) is 1. The number of benzene rings is 1. The molecule has 0 atom stereocenters. The molecule has 3 N–H and O–H groups in total. The Bertz CT molecular complexity index is 693. The molecule has 8 heteroatoms. The minimum Gasteiger partial charge on any atom is -0.480 e. The van der Waals surface area contributed by atoms with E-state index in [2.05, 4.69) is 10.0 Å². The van der Waals surface area contributed by atoms with E-state index in [9.17, 15) is 23.1 Å². The van der Waals surface area contributed by atoms with Crippen molar-refractivity contribution < 1.29 is 23.1 Å². The van der Waals surface area contributed by atoms with Crippen LogP contribution in [-0.2, 0) is 26.0 Å². The number of nitrogens with one attached hydrogen (secondary N) is 2. The van der Waals surface area contributed by atoms with Crippen molar-refractivity contribution in [2.75, 3.05) is 7.05 Å². The van der Waals surface area contributed by atoms with Gasteiger partial charge in [0, 0.05) is 6.42 Å². The Morgan fingerprint density at radius 2 is 1.83 bits per heavy atom. The summed E-state index contributed by atoms with van der Waals surface area (Å²) in [4.78, 5) is 23.3. The molecular formula is C15H20N2O5S. The van der Waals surface area contributed by atoms with Crippen LogP contribution in [0.4, 0.5) is 0 Å². The number of sulfonamides is 1. The molecule has 1 aliphatic rings. The first-order chi connectivity index (χ1) is 10.8. The molecule has 0 radical (unpaired) electrons. The van der Waals surface area contributed by atoms with E-state index < -0.39 is 21.5 Å². The Hall–Kier alpha value is -1.93. The van der Waals surface area contributed by atoms with Gasteiger partial charge in [0.05, 0.1) is 4.90 Å². The van der Waals surface area contributed by atoms with Gasteiger partial charge >= 0.3 is 5.97 Å². The quantitative estimate of drug-likeness (QED) is 0.675. The largest absolute Gasteiger partial charge is 0.480 e. The topological polar surface area (TPSA) is 113 Å². The van der Waals surface area contributed by atoms with E-state index in [0.29, 0.717) is 19.3 Å². The standard InChI is InChI=1S/C15H20N2O5S/c1-16-23(21,22)12-6-3-11(4-7-12)5-8-13(18)17-15(14(19)20)9-2-10-15/h3-4,6-7,16H,2,5,8-10H2,1H3,(H,17,18)(H,19,20). The summed E-state index contributed by atoms with van der Waals surface area (Å²) in [6.45, 7) is 0. The van der Waals surface area contributed by atoms with Crippen LogP contribution in [-0.4, -0.2) is 38.0 Å². The highest BCUT2D eigenvalue weighted by Crippen LogP contribution is 2.32. The van der Waals surface area contributed by atoms with Crippen molar-refractivity contribution in [3.8, 4) is 0 Å². The van der Waals surface area contributed by atoms with Gasteiger partial charge in [0.2, 0.25) is 15.9 Å². The lowest BCUT2D eigenvalue weighted by Crippen LogP contribution is -2.59. The molecule has 2 rings (SSSR count). The van der Waals surface area contributed by atoms with E-state index in [4.69, 9.17) is 0 Å². The molecule has 1 aromatic rings. The van der Waals surface area contributed by atoms with E-state index >= 15 is 0 Å². The van der Waals surface area contributed by atoms with Crippen molar-refractivity contribution in [1.29, 1.82) is 0 Å². The summed E-state index contributed by atoms with van der Waals surface area (Å²) in [5.74, 6) is -1.29. The molecule has 1 aliphatic carbocycles. The van der Waals surface area contributed by atoms with Gasteiger partial charge < -0.3 is 10.4 Å². The first kappa shape index (κ1) is 17.4. The second-order valence-corrected chi connectivity index (χ2v) is 7.53. The Kier molecular flexibility index (Phi) is 5.06. The van der Waals surface area contributed by atoms with Crippen LogP contribution in [0, 0.1) is 0 Å². The van der Waals surface area contributed by atoms with Crippen LogP contribution in [0.25, 0.3) is 0 Å². The third-order valence-electron chi connectivity index (χ3n) is 4.14. The summed E-state index contributed by atoms with van der Waals surface area (Å²) >= 11 is 0. The molecule has 1 saturated carbocycles. The van der Waals surface area contributed by atoms with Gasteiger partial charge in [0.1, 0.15) is 5.54 Å². The van der Waals surface area contributed by atoms with Crippen LogP contribution in [0.2, 0.25) is 0 Å². The van der Waals surface area contributed by atoms with Crippen LogP contribution < -0.4 is 10.0 Å². The Balaban J connectivity index is 1.91. The Labute approximate surface area is 135 Å². The predicted molar refractivity (Wildman–Crippen MR) is 83.4 cm³/mol. The number of carbonyl (C=O) groups is 2. The van der Waals surface area contributed by atoms with Crippen molar-refractivity contribution in [3.05, 3.63) is 29.8 Å². The van der Waals surface area contributed by atoms with Gasteiger partial charge in [-0.1, -0.05) is 12.1 Å². The normalized spacial score (nSPS) is 16.4. The van der Waals surface area contributed by atoms with Crippen LogP contribution in [0.1, 0.15) is 31.2 Å². The second kappa shape index (κ2) is 6.67. The van der Waals surface area contributed by atoms with Gasteiger partial charge in [-0.15, -0.1) is 0 Å². The highest BCUT2D eigenvalue weighted by molar-refractivity contribution is 7.89. The molecule has 0 aliphatic heterocycles. The number of rotatable bonds is 7. The molecule has 0 heterocycles. The van der Waals surface area contributed by atoms with Crippen molar-refractivity contribution in [2.24, 2.45) is 0 Å². The molecule has 0 saturated heterocycles. The van der Waals surface area contributed by atoms with Gasteiger partial charge in [-0.2, -0.15) is 0 Å². The number of hydrogen-bond donors (Lipinski definition) is 3. The van der Waals surface area contributed by atoms with Crippen LogP contribution in [0.5, 0.6) is 0 Å². The third kappa shape index (κ3) is 3.89. The SMILES string of the molecule is CNS(=O)(=O)c1ccc(CCC(=O)NC2(C(=O)O)CCC2)cc1. The van der Waals surface area contributed by atoms with Crippen molar-refractivity contribution >= 4 is 21.9 Å². The van der Waals surface area contributed by atoms with Crippen LogP contribution >= 0.6 is 0 Å². The van der Waals surface area contributed by atoms with Gasteiger partial charge in [-0.25, -0.2) is 17.9 Å². The Morgan fingerprint density at radius 3 is 2.26 bits per heavy atom. The smallest absolute Gasteiger partial charge is 0.329 e. The summed E-state index contributed by atoms with van der Waals surface area (Å²) in [6, 6.07) is 6.25. The van der Waals surface area contributed by atoms with E-state index in [1.807, 2.05) is 0 Å². The zero-order valence-electron chi connectivity index (χ0n) is 12.8. The van der Waals surface area contributed by atoms with Crippen molar-refractivity contribution in [1.82, 2.24) is 10.0 Å². The summed E-state index contributed by atoms with van der Waals surface area (Å²) in [6.07, 6.45) is 2.30. The first-order valence-electron chi connectivity index (χ1n) is 7.36. The molecule has 0 aromatic heterocycles. The lowest BCUT2D eigenvalue weighted by atomic mass is 9.76. The minimum absolute atomic E-state index is 0.160. The zero-order valence-corrected chi connectivity index (χ0v) is 13.6. The summed E-state index contributed by atoms with van der Waals surface area (Å²) < 4.78 is 25.4. The highest BCUT2D eigenvalue weighted by atomic mass is 32.2. The number of amides is 1. The minimum atomic E-state index is -3.47. The van der Waals surface area contributed by atoms with Crippen molar-refractivity contribution in [2.45, 2.75) is 42.5 Å². The molecule has 0 bridgehead atoms. The maximum atomic E-state index is 11.9. The predicted octanol–water partition coefficient (Wildman–Crippen LogP) is 0.651. The molecular weight excluding hydrogens is 320 g/mol. The number of aryl methyl sites for hydroxylation is 1. The molecule has 0 unspecified atom stereocenters. The van der Waals surface area contributed by atoms with Gasteiger partial charge in [0.25, 0.3) is 0 Å². The van der Waals surface area contributed by atoms with Gasteiger partial charge in [-0.05, 0) is 50.4 Å². The summed E-state index contributed by atoms with van der Waals surface area (Å²) in [5, 5.41) is 11.8. The summed E-state index contributed by atoms with van der Waals surface area (Å²) in [7, 11) is -2.13. The highest BCUT2D eigenvalue weighted by Gasteiger charge is 2.45. The van der Waals surface area contributed by atoms with E-state index in [1.165, 1.54) is 19.2 Å². The van der Waals surface area contributed by atoms with E-state index in [0.717, 1.165) is 12.0 Å². The number of carbonyl (C=O) groups excluding carboxylic acids is 1. The lowest BCUT2D eigenvalue weighted by molar-refractivity contribution is -0.151. The maximum Gasteiger partial charge on any atom is 0.329 e. The molecule has 0 spiro atoms. The average molecular weight is 340 g/mol. The fraction of sp³-hybridized carbons (Fsp3) is 0.467. The van der Waals surface area contributed by atoms with Gasteiger partial charge in [0.15, 0.2) is 0 Å². The first-order valence-corrected chi connectivity index (χ1v) is 8.84. The third-order valence-corrected chi connectivity index (χ3v) is 5.57. The number of carboxylic acids is 1. The number of hydrogen-bond acceptors (Lipinski definition) is 4. The fourth-order valence-corrected chi connectivity index (χ4v) is 3.19. The van der Waals surface area contributed by atoms with E-state index in [-0.39, 0.29) is 17.2 Å². The summed E-state index contributed by atoms with van der Waals surface area (Å²) in [5.41, 5.74) is -0.282. The lowest BCUT2D eigenvalue weighted by Gasteiger charge is -2.38. The molecule has 1 amide bonds. The zero-order chi connectivity index (χ0) is 17.1. The monoisotopic (exact) mass is 340 g/mol. The number of aliphatic carboxylic acids is 1. The van der Waals surface area contributed by atoms with E-state index in [1.54, 1.807) is 12.1 Å². The molecule has 7 nitrogen and oxygen atoms in total. The fourth-order valence-electron chi connectivity index (χ4n) is 2.46. The molecule has 23 heavy (non-hydrogen) atoms. The van der Waals surface area contributed by atoms with Crippen molar-refractivity contribution in [3.63, 3.8) is 0 Å².